The zero-order valence-electron chi connectivity index (χ0n) is 11.0. The highest BCUT2D eigenvalue weighted by Gasteiger charge is 2.22. The van der Waals surface area contributed by atoms with Crippen LogP contribution in [0.25, 0.3) is 0 Å². The highest BCUT2D eigenvalue weighted by atomic mass is 16.5. The van der Waals surface area contributed by atoms with Gasteiger partial charge in [0.25, 0.3) is 0 Å². The third-order valence-corrected chi connectivity index (χ3v) is 3.85. The first-order valence-corrected chi connectivity index (χ1v) is 6.45. The van der Waals surface area contributed by atoms with Crippen LogP contribution in [0.2, 0.25) is 0 Å². The standard InChI is InChI=1S/C15H22O2/c1-10-7-13(8-11(2)15(10)17-3)14(16)9-12-5-4-6-12/h7-8,12,14,16H,4-6,9H2,1-3H3. The zero-order valence-corrected chi connectivity index (χ0v) is 11.0. The molecule has 0 aliphatic heterocycles. The molecule has 0 heterocycles. The van der Waals surface area contributed by atoms with Gasteiger partial charge >= 0.3 is 0 Å². The number of ether oxygens (including phenoxy) is 1. The van der Waals surface area contributed by atoms with Crippen molar-refractivity contribution in [1.29, 1.82) is 0 Å². The molecule has 0 radical (unpaired) electrons. The van der Waals surface area contributed by atoms with Crippen molar-refractivity contribution in [2.24, 2.45) is 5.92 Å². The molecule has 1 fully saturated rings. The molecule has 1 aromatic carbocycles. The summed E-state index contributed by atoms with van der Waals surface area (Å²) in [5, 5.41) is 10.2. The summed E-state index contributed by atoms with van der Waals surface area (Å²) in [5.74, 6) is 1.66. The van der Waals surface area contributed by atoms with Crippen molar-refractivity contribution in [3.63, 3.8) is 0 Å². The fourth-order valence-corrected chi connectivity index (χ4v) is 2.68. The molecule has 1 aliphatic rings. The Hall–Kier alpha value is -1.02. The second-order valence-corrected chi connectivity index (χ2v) is 5.24. The second-order valence-electron chi connectivity index (χ2n) is 5.24. The van der Waals surface area contributed by atoms with Gasteiger partial charge in [-0.3, -0.25) is 0 Å². The fourth-order valence-electron chi connectivity index (χ4n) is 2.68. The number of aliphatic hydroxyl groups is 1. The Morgan fingerprint density at radius 1 is 1.29 bits per heavy atom. The molecule has 0 aromatic heterocycles. The lowest BCUT2D eigenvalue weighted by Crippen LogP contribution is -2.15. The van der Waals surface area contributed by atoms with Crippen LogP contribution in [0, 0.1) is 19.8 Å². The topological polar surface area (TPSA) is 29.5 Å². The van der Waals surface area contributed by atoms with Crippen LogP contribution in [0.15, 0.2) is 12.1 Å². The maximum atomic E-state index is 10.2. The van der Waals surface area contributed by atoms with E-state index in [1.165, 1.54) is 19.3 Å². The van der Waals surface area contributed by atoms with Gasteiger partial charge < -0.3 is 9.84 Å². The molecule has 2 rings (SSSR count). The van der Waals surface area contributed by atoms with E-state index >= 15 is 0 Å². The van der Waals surface area contributed by atoms with Crippen molar-refractivity contribution in [3.05, 3.63) is 28.8 Å². The van der Waals surface area contributed by atoms with E-state index in [4.69, 9.17) is 4.74 Å². The van der Waals surface area contributed by atoms with Crippen LogP contribution >= 0.6 is 0 Å². The van der Waals surface area contributed by atoms with Crippen LogP contribution < -0.4 is 4.74 Å². The summed E-state index contributed by atoms with van der Waals surface area (Å²) in [6.45, 7) is 4.07. The molecule has 1 aliphatic carbocycles. The van der Waals surface area contributed by atoms with Crippen molar-refractivity contribution in [1.82, 2.24) is 0 Å². The van der Waals surface area contributed by atoms with Gasteiger partial charge in [0.1, 0.15) is 5.75 Å². The highest BCUT2D eigenvalue weighted by molar-refractivity contribution is 5.43. The molecule has 0 saturated heterocycles. The predicted octanol–water partition coefficient (Wildman–Crippen LogP) is 3.54. The number of hydrogen-bond acceptors (Lipinski definition) is 2. The lowest BCUT2D eigenvalue weighted by atomic mass is 9.80. The minimum atomic E-state index is -0.316. The van der Waals surface area contributed by atoms with Crippen LogP contribution in [0.5, 0.6) is 5.75 Å². The van der Waals surface area contributed by atoms with Crippen LogP contribution in [0.4, 0.5) is 0 Å². The SMILES string of the molecule is COc1c(C)cc(C(O)CC2CCC2)cc1C. The average Bonchev–Trinajstić information content (AvgIpc) is 2.22. The normalized spacial score (nSPS) is 17.6. The van der Waals surface area contributed by atoms with Crippen molar-refractivity contribution in [3.8, 4) is 5.75 Å². The summed E-state index contributed by atoms with van der Waals surface area (Å²) in [7, 11) is 1.69. The molecule has 1 aromatic rings. The third-order valence-electron chi connectivity index (χ3n) is 3.85. The van der Waals surface area contributed by atoms with Gasteiger partial charge in [-0.25, -0.2) is 0 Å². The molecule has 1 atom stereocenters. The van der Waals surface area contributed by atoms with E-state index in [9.17, 15) is 5.11 Å². The van der Waals surface area contributed by atoms with Crippen LogP contribution in [-0.4, -0.2) is 12.2 Å². The molecule has 94 valence electrons. The van der Waals surface area contributed by atoms with Crippen LogP contribution in [0.3, 0.4) is 0 Å². The highest BCUT2D eigenvalue weighted by Crippen LogP contribution is 2.36. The van der Waals surface area contributed by atoms with Gasteiger partial charge in [0.15, 0.2) is 0 Å². The molecular formula is C15H22O2. The van der Waals surface area contributed by atoms with Crippen molar-refractivity contribution >= 4 is 0 Å². The molecule has 1 saturated carbocycles. The number of methoxy groups -OCH3 is 1. The number of aliphatic hydroxyl groups excluding tert-OH is 1. The van der Waals surface area contributed by atoms with Gasteiger partial charge in [-0.2, -0.15) is 0 Å². The lowest BCUT2D eigenvalue weighted by molar-refractivity contribution is 0.118. The largest absolute Gasteiger partial charge is 0.496 e. The molecular weight excluding hydrogens is 212 g/mol. The van der Waals surface area contributed by atoms with E-state index in [0.29, 0.717) is 0 Å². The summed E-state index contributed by atoms with van der Waals surface area (Å²) >= 11 is 0. The number of rotatable bonds is 4. The van der Waals surface area contributed by atoms with Crippen molar-refractivity contribution in [2.75, 3.05) is 7.11 Å². The van der Waals surface area contributed by atoms with E-state index in [0.717, 1.165) is 34.8 Å². The summed E-state index contributed by atoms with van der Waals surface area (Å²) in [4.78, 5) is 0. The summed E-state index contributed by atoms with van der Waals surface area (Å²) in [6, 6.07) is 4.10. The minimum Gasteiger partial charge on any atom is -0.496 e. The first-order valence-electron chi connectivity index (χ1n) is 6.45. The molecule has 17 heavy (non-hydrogen) atoms. The van der Waals surface area contributed by atoms with E-state index < -0.39 is 0 Å². The zero-order chi connectivity index (χ0) is 12.4. The van der Waals surface area contributed by atoms with Gasteiger partial charge in [0.05, 0.1) is 13.2 Å². The molecule has 0 amide bonds. The van der Waals surface area contributed by atoms with E-state index in [1.807, 2.05) is 13.8 Å². The molecule has 2 nitrogen and oxygen atoms in total. The van der Waals surface area contributed by atoms with Gasteiger partial charge in [-0.05, 0) is 55.0 Å². The Kier molecular flexibility index (Phi) is 3.72. The summed E-state index contributed by atoms with van der Waals surface area (Å²) in [5.41, 5.74) is 3.25. The third kappa shape index (κ3) is 2.63. The molecule has 0 bridgehead atoms. The minimum absolute atomic E-state index is 0.316. The van der Waals surface area contributed by atoms with Gasteiger partial charge in [-0.15, -0.1) is 0 Å². The molecule has 2 heteroatoms. The maximum Gasteiger partial charge on any atom is 0.124 e. The van der Waals surface area contributed by atoms with Gasteiger partial charge in [0, 0.05) is 0 Å². The maximum absolute atomic E-state index is 10.2. The Labute approximate surface area is 104 Å². The first-order chi connectivity index (χ1) is 8.11. The summed E-state index contributed by atoms with van der Waals surface area (Å²) < 4.78 is 5.34. The van der Waals surface area contributed by atoms with Gasteiger partial charge in [0.2, 0.25) is 0 Å². The Morgan fingerprint density at radius 3 is 2.29 bits per heavy atom. The van der Waals surface area contributed by atoms with Crippen LogP contribution in [0.1, 0.15) is 48.5 Å². The van der Waals surface area contributed by atoms with E-state index in [2.05, 4.69) is 12.1 Å². The Bertz CT molecular complexity index is 371. The Balaban J connectivity index is 2.14. The monoisotopic (exact) mass is 234 g/mol. The second kappa shape index (κ2) is 5.09. The van der Waals surface area contributed by atoms with E-state index in [1.54, 1.807) is 7.11 Å². The van der Waals surface area contributed by atoms with Gasteiger partial charge in [-0.1, -0.05) is 19.3 Å². The fraction of sp³-hybridized carbons (Fsp3) is 0.600. The quantitative estimate of drug-likeness (QED) is 0.863. The molecule has 1 unspecified atom stereocenters. The smallest absolute Gasteiger partial charge is 0.124 e. The van der Waals surface area contributed by atoms with Crippen LogP contribution in [-0.2, 0) is 0 Å². The Morgan fingerprint density at radius 2 is 1.88 bits per heavy atom. The molecule has 1 N–H and O–H groups in total. The average molecular weight is 234 g/mol. The molecule has 0 spiro atoms. The number of aryl methyl sites for hydroxylation is 2. The summed E-state index contributed by atoms with van der Waals surface area (Å²) in [6.07, 6.45) is 4.49. The first kappa shape index (κ1) is 12.4. The lowest BCUT2D eigenvalue weighted by Gasteiger charge is -2.28. The van der Waals surface area contributed by atoms with E-state index in [-0.39, 0.29) is 6.10 Å². The number of benzene rings is 1. The van der Waals surface area contributed by atoms with Crippen molar-refractivity contribution in [2.45, 2.75) is 45.6 Å². The van der Waals surface area contributed by atoms with Crippen molar-refractivity contribution < 1.29 is 9.84 Å². The predicted molar refractivity (Wildman–Crippen MR) is 69.4 cm³/mol. The number of hydrogen-bond donors (Lipinski definition) is 1.